The molecule has 0 spiro atoms. The largest absolute Gasteiger partial charge is 0.597 e. The summed E-state index contributed by atoms with van der Waals surface area (Å²) in [6, 6.07) is 0. The van der Waals surface area contributed by atoms with Gasteiger partial charge in [-0.15, -0.1) is 4.72 Å². The van der Waals surface area contributed by atoms with Crippen molar-refractivity contribution in [2.75, 3.05) is 10.8 Å². The van der Waals surface area contributed by atoms with Crippen LogP contribution in [0, 0.1) is 0 Å². The van der Waals surface area contributed by atoms with Gasteiger partial charge in [0.1, 0.15) is 0 Å². The van der Waals surface area contributed by atoms with Crippen LogP contribution in [0.25, 0.3) is 0 Å². The van der Waals surface area contributed by atoms with Gasteiger partial charge in [0.2, 0.25) is 0 Å². The molecule has 0 aliphatic heterocycles. The molecule has 0 saturated carbocycles. The van der Waals surface area contributed by atoms with Gasteiger partial charge < -0.3 is 4.55 Å². The van der Waals surface area contributed by atoms with Crippen LogP contribution in [0.15, 0.2) is 0 Å². The molecule has 0 radical (unpaired) electrons. The van der Waals surface area contributed by atoms with E-state index in [1.54, 1.807) is 7.05 Å². The van der Waals surface area contributed by atoms with Gasteiger partial charge in [0.15, 0.2) is 3.76 Å². The van der Waals surface area contributed by atoms with Crippen LogP contribution < -0.4 is 4.72 Å². The van der Waals surface area contributed by atoms with E-state index in [9.17, 15) is 4.55 Å². The van der Waals surface area contributed by atoms with Crippen molar-refractivity contribution in [1.82, 2.24) is 4.72 Å². The molecule has 38 valence electrons. The van der Waals surface area contributed by atoms with Crippen molar-refractivity contribution in [3.05, 3.63) is 0 Å². The Morgan fingerprint density at radius 1 is 2.00 bits per heavy atom. The van der Waals surface area contributed by atoms with Gasteiger partial charge >= 0.3 is 0 Å². The van der Waals surface area contributed by atoms with Crippen molar-refractivity contribution in [3.63, 3.8) is 0 Å². The Morgan fingerprint density at radius 2 is 2.50 bits per heavy atom. The molecule has 0 rings (SSSR count). The molecular formula is C2H6INOS. The molecule has 0 aromatic rings. The zero-order valence-corrected chi connectivity index (χ0v) is 6.38. The maximum Gasteiger partial charge on any atom is 0.174 e. The van der Waals surface area contributed by atoms with Gasteiger partial charge in [-0.2, -0.15) is 0 Å². The molecule has 0 aromatic carbocycles. The maximum absolute atomic E-state index is 10.2. The lowest BCUT2D eigenvalue weighted by molar-refractivity contribution is 0.593. The summed E-state index contributed by atoms with van der Waals surface area (Å²) in [5, 5.41) is 0. The van der Waals surface area contributed by atoms with Crippen molar-refractivity contribution in [3.8, 4) is 0 Å². The monoisotopic (exact) mass is 219 g/mol. The van der Waals surface area contributed by atoms with Gasteiger partial charge in [-0.3, -0.25) is 0 Å². The van der Waals surface area contributed by atoms with Crippen molar-refractivity contribution < 1.29 is 4.55 Å². The summed E-state index contributed by atoms with van der Waals surface area (Å²) in [6.45, 7) is 0. The highest BCUT2D eigenvalue weighted by atomic mass is 127. The molecule has 0 fully saturated rings. The van der Waals surface area contributed by atoms with Crippen molar-refractivity contribution in [1.29, 1.82) is 0 Å². The van der Waals surface area contributed by atoms with E-state index in [1.807, 2.05) is 0 Å². The van der Waals surface area contributed by atoms with Gasteiger partial charge in [0.25, 0.3) is 0 Å². The highest BCUT2D eigenvalue weighted by molar-refractivity contribution is 14.1. The van der Waals surface area contributed by atoms with Gasteiger partial charge in [0.05, 0.1) is 0 Å². The number of alkyl halides is 1. The number of hydrogen-bond acceptors (Lipinski definition) is 2. The fourth-order valence-corrected chi connectivity index (χ4v) is 1.10. The summed E-state index contributed by atoms with van der Waals surface area (Å²) in [5.41, 5.74) is 0. The van der Waals surface area contributed by atoms with E-state index in [4.69, 9.17) is 0 Å². The minimum atomic E-state index is -0.797. The van der Waals surface area contributed by atoms with Crippen LogP contribution in [-0.2, 0) is 11.4 Å². The molecule has 4 heteroatoms. The first-order chi connectivity index (χ1) is 2.81. The topological polar surface area (TPSA) is 35.1 Å². The summed E-state index contributed by atoms with van der Waals surface area (Å²) in [4.78, 5) is 0. The molecule has 0 aromatic heterocycles. The number of hydrogen-bond donors (Lipinski definition) is 1. The summed E-state index contributed by atoms with van der Waals surface area (Å²) < 4.78 is 13.4. The van der Waals surface area contributed by atoms with Crippen molar-refractivity contribution in [2.45, 2.75) is 0 Å². The molecule has 0 aliphatic rings. The van der Waals surface area contributed by atoms with Crippen LogP contribution in [0.2, 0.25) is 0 Å². The predicted octanol–water partition coefficient (Wildman–Crippen LogP) is 0.262. The zero-order chi connectivity index (χ0) is 4.99. The second kappa shape index (κ2) is 4.17. The SMILES string of the molecule is CN[S+]([O-])CI. The third-order valence-electron chi connectivity index (χ3n) is 0.327. The van der Waals surface area contributed by atoms with Crippen LogP contribution in [0.3, 0.4) is 0 Å². The smallest absolute Gasteiger partial charge is 0.174 e. The Labute approximate surface area is 54.1 Å². The fraction of sp³-hybridized carbons (Fsp3) is 1.00. The Hall–Kier alpha value is 1.00. The molecule has 0 bridgehead atoms. The second-order valence-electron chi connectivity index (χ2n) is 0.659. The van der Waals surface area contributed by atoms with Gasteiger partial charge in [0, 0.05) is 18.4 Å². The number of rotatable bonds is 2. The first-order valence-corrected chi connectivity index (χ1v) is 4.27. The average Bonchev–Trinajstić information content (AvgIpc) is 1.65. The highest BCUT2D eigenvalue weighted by Crippen LogP contribution is 1.87. The molecule has 1 unspecified atom stereocenters. The normalized spacial score (nSPS) is 14.5. The minimum absolute atomic E-state index is 0.661. The first-order valence-electron chi connectivity index (χ1n) is 1.43. The molecule has 1 atom stereocenters. The van der Waals surface area contributed by atoms with E-state index in [1.165, 1.54) is 0 Å². The minimum Gasteiger partial charge on any atom is -0.597 e. The number of nitrogens with one attached hydrogen (secondary N) is 1. The van der Waals surface area contributed by atoms with Crippen LogP contribution in [-0.4, -0.2) is 15.4 Å². The zero-order valence-electron chi connectivity index (χ0n) is 3.40. The van der Waals surface area contributed by atoms with Crippen LogP contribution >= 0.6 is 22.6 Å². The Kier molecular flexibility index (Phi) is 4.86. The lowest BCUT2D eigenvalue weighted by Gasteiger charge is -2.00. The third kappa shape index (κ3) is 3.20. The van der Waals surface area contributed by atoms with Gasteiger partial charge in [-0.1, -0.05) is 0 Å². The molecule has 1 N–H and O–H groups in total. The van der Waals surface area contributed by atoms with Crippen molar-refractivity contribution >= 4 is 34.0 Å². The van der Waals surface area contributed by atoms with Crippen LogP contribution in [0.4, 0.5) is 0 Å². The molecule has 6 heavy (non-hydrogen) atoms. The van der Waals surface area contributed by atoms with E-state index in [2.05, 4.69) is 27.3 Å². The summed E-state index contributed by atoms with van der Waals surface area (Å²) in [6.07, 6.45) is 0. The van der Waals surface area contributed by atoms with E-state index in [-0.39, 0.29) is 0 Å². The van der Waals surface area contributed by atoms with E-state index < -0.39 is 11.4 Å². The summed E-state index contributed by atoms with van der Waals surface area (Å²) >= 11 is 1.25. The summed E-state index contributed by atoms with van der Waals surface area (Å²) in [5.74, 6) is 0. The average molecular weight is 219 g/mol. The number of halogens is 1. The molecule has 0 saturated heterocycles. The van der Waals surface area contributed by atoms with Crippen LogP contribution in [0.5, 0.6) is 0 Å². The molecule has 0 amide bonds. The quantitative estimate of drug-likeness (QED) is 0.410. The highest BCUT2D eigenvalue weighted by Gasteiger charge is 1.92. The lowest BCUT2D eigenvalue weighted by atomic mass is 11.6. The Bertz CT molecular complexity index is 32.7. The van der Waals surface area contributed by atoms with E-state index in [0.717, 1.165) is 0 Å². The lowest BCUT2D eigenvalue weighted by Crippen LogP contribution is -2.18. The molecule has 2 nitrogen and oxygen atoms in total. The summed E-state index contributed by atoms with van der Waals surface area (Å²) in [7, 11) is 1.68. The van der Waals surface area contributed by atoms with E-state index in [0.29, 0.717) is 3.76 Å². The van der Waals surface area contributed by atoms with E-state index >= 15 is 0 Å². The molecule has 0 heterocycles. The fourth-order valence-electron chi connectivity index (χ4n) is 0.0546. The Balaban J connectivity index is 2.75. The van der Waals surface area contributed by atoms with Gasteiger partial charge in [-0.05, 0) is 22.6 Å². The second-order valence-corrected chi connectivity index (χ2v) is 3.84. The van der Waals surface area contributed by atoms with Crippen LogP contribution in [0.1, 0.15) is 0 Å². The maximum atomic E-state index is 10.2. The Morgan fingerprint density at radius 3 is 2.50 bits per heavy atom. The van der Waals surface area contributed by atoms with Gasteiger partial charge in [-0.25, -0.2) is 0 Å². The molecule has 0 aliphatic carbocycles. The predicted molar refractivity (Wildman–Crippen MR) is 36.1 cm³/mol. The third-order valence-corrected chi connectivity index (χ3v) is 2.68. The molecular weight excluding hydrogens is 213 g/mol. The van der Waals surface area contributed by atoms with Crippen molar-refractivity contribution in [2.24, 2.45) is 0 Å². The standard InChI is InChI=1S/C2H6INOS/c1-4-6(5)2-3/h4H,2H2,1H3. The first kappa shape index (κ1) is 7.00.